The third-order valence-electron chi connectivity index (χ3n) is 5.29. The molecular formula is C27H24ClNO6S. The zero-order chi connectivity index (χ0) is 25.5. The normalized spacial score (nSPS) is 14.3. The zero-order valence-corrected chi connectivity index (χ0v) is 21.3. The van der Waals surface area contributed by atoms with Crippen LogP contribution in [0.1, 0.15) is 11.1 Å². The number of rotatable bonds is 10. The Kier molecular flexibility index (Phi) is 8.40. The molecule has 4 rings (SSSR count). The highest BCUT2D eigenvalue weighted by Crippen LogP contribution is 2.39. The molecule has 1 fully saturated rings. The number of hydrogen-bond acceptors (Lipinski definition) is 7. The second-order valence-corrected chi connectivity index (χ2v) is 9.04. The molecule has 0 N–H and O–H groups in total. The van der Waals surface area contributed by atoms with Crippen LogP contribution in [0.2, 0.25) is 5.02 Å². The highest BCUT2D eigenvalue weighted by atomic mass is 35.5. The van der Waals surface area contributed by atoms with Crippen molar-refractivity contribution in [1.29, 1.82) is 0 Å². The smallest absolute Gasteiger partial charge is 0.293 e. The van der Waals surface area contributed by atoms with Crippen LogP contribution in [-0.2, 0) is 11.4 Å². The molecule has 1 saturated heterocycles. The van der Waals surface area contributed by atoms with Crippen molar-refractivity contribution >= 4 is 40.6 Å². The maximum absolute atomic E-state index is 12.9. The molecule has 186 valence electrons. The van der Waals surface area contributed by atoms with Crippen molar-refractivity contribution in [3.63, 3.8) is 0 Å². The Bertz CT molecular complexity index is 1280. The van der Waals surface area contributed by atoms with E-state index in [-0.39, 0.29) is 23.3 Å². The molecule has 1 aliphatic heterocycles. The molecule has 36 heavy (non-hydrogen) atoms. The average molecular weight is 526 g/mol. The van der Waals surface area contributed by atoms with Crippen LogP contribution in [0.5, 0.6) is 23.0 Å². The van der Waals surface area contributed by atoms with E-state index in [1.165, 1.54) is 7.11 Å². The predicted molar refractivity (Wildman–Crippen MR) is 140 cm³/mol. The van der Waals surface area contributed by atoms with Crippen molar-refractivity contribution in [2.45, 2.75) is 6.61 Å². The van der Waals surface area contributed by atoms with E-state index in [1.807, 2.05) is 42.5 Å². The molecule has 2 amide bonds. The number of thioether (sulfide) groups is 1. The summed E-state index contributed by atoms with van der Waals surface area (Å²) >= 11 is 7.34. The fraction of sp³-hybridized carbons (Fsp3) is 0.185. The molecule has 0 atom stereocenters. The fourth-order valence-electron chi connectivity index (χ4n) is 3.52. The summed E-state index contributed by atoms with van der Waals surface area (Å²) in [5.74, 6) is 1.55. The number of methoxy groups -OCH3 is 2. The zero-order valence-electron chi connectivity index (χ0n) is 19.7. The number of hydrogen-bond donors (Lipinski definition) is 0. The number of para-hydroxylation sites is 2. The van der Waals surface area contributed by atoms with Crippen LogP contribution in [0.25, 0.3) is 6.08 Å². The van der Waals surface area contributed by atoms with Crippen molar-refractivity contribution in [3.8, 4) is 23.0 Å². The molecule has 3 aromatic carbocycles. The van der Waals surface area contributed by atoms with Crippen LogP contribution in [0.4, 0.5) is 4.79 Å². The third-order valence-corrected chi connectivity index (χ3v) is 6.48. The van der Waals surface area contributed by atoms with E-state index in [2.05, 4.69) is 0 Å². The van der Waals surface area contributed by atoms with Crippen LogP contribution in [0.3, 0.4) is 0 Å². The summed E-state index contributed by atoms with van der Waals surface area (Å²) in [6.07, 6.45) is 1.61. The van der Waals surface area contributed by atoms with Gasteiger partial charge in [0, 0.05) is 0 Å². The first kappa shape index (κ1) is 25.5. The molecular weight excluding hydrogens is 502 g/mol. The number of amides is 2. The van der Waals surface area contributed by atoms with Crippen molar-refractivity contribution in [2.24, 2.45) is 0 Å². The van der Waals surface area contributed by atoms with E-state index in [1.54, 1.807) is 37.5 Å². The molecule has 0 aromatic heterocycles. The van der Waals surface area contributed by atoms with Gasteiger partial charge < -0.3 is 18.9 Å². The van der Waals surface area contributed by atoms with Crippen molar-refractivity contribution in [3.05, 3.63) is 87.8 Å². The van der Waals surface area contributed by atoms with Gasteiger partial charge in [-0.05, 0) is 53.2 Å². The van der Waals surface area contributed by atoms with Gasteiger partial charge in [0.1, 0.15) is 13.2 Å². The van der Waals surface area contributed by atoms with E-state index in [0.717, 1.165) is 22.2 Å². The van der Waals surface area contributed by atoms with Gasteiger partial charge in [-0.25, -0.2) is 0 Å². The van der Waals surface area contributed by atoms with Gasteiger partial charge in [-0.3, -0.25) is 14.5 Å². The van der Waals surface area contributed by atoms with Gasteiger partial charge in [-0.1, -0.05) is 54.1 Å². The third kappa shape index (κ3) is 5.95. The van der Waals surface area contributed by atoms with Crippen LogP contribution in [-0.4, -0.2) is 43.4 Å². The van der Waals surface area contributed by atoms with Crippen LogP contribution in [0, 0.1) is 0 Å². The Labute approximate surface area is 218 Å². The number of carbonyl (C=O) groups is 2. The van der Waals surface area contributed by atoms with E-state index in [0.29, 0.717) is 40.2 Å². The van der Waals surface area contributed by atoms with Gasteiger partial charge in [-0.2, -0.15) is 0 Å². The Morgan fingerprint density at radius 3 is 2.31 bits per heavy atom. The quantitative estimate of drug-likeness (QED) is 0.298. The standard InChI is InChI=1S/C27H24ClNO6S/c1-32-21-10-6-7-11-22(21)34-13-12-29-26(30)24(36-27(29)31)16-19-14-20(28)25(23(15-19)33-2)35-17-18-8-4-3-5-9-18/h3-11,14-16H,12-13,17H2,1-2H3/b24-16-. The van der Waals surface area contributed by atoms with Gasteiger partial charge in [0.15, 0.2) is 23.0 Å². The molecule has 1 heterocycles. The van der Waals surface area contributed by atoms with Gasteiger partial charge in [0.25, 0.3) is 11.1 Å². The largest absolute Gasteiger partial charge is 0.493 e. The predicted octanol–water partition coefficient (Wildman–Crippen LogP) is 6.05. The number of ether oxygens (including phenoxy) is 4. The average Bonchev–Trinajstić information content (AvgIpc) is 3.15. The molecule has 0 unspecified atom stereocenters. The lowest BCUT2D eigenvalue weighted by Gasteiger charge is -2.15. The van der Waals surface area contributed by atoms with Crippen molar-refractivity contribution in [2.75, 3.05) is 27.4 Å². The summed E-state index contributed by atoms with van der Waals surface area (Å²) in [5, 5.41) is -0.0308. The number of nitrogens with zero attached hydrogens (tertiary/aromatic N) is 1. The summed E-state index contributed by atoms with van der Waals surface area (Å²) in [6, 6.07) is 20.3. The Hall–Kier alpha value is -3.62. The van der Waals surface area contributed by atoms with Gasteiger partial charge in [0.05, 0.1) is 30.7 Å². The first-order valence-electron chi connectivity index (χ1n) is 11.1. The minimum absolute atomic E-state index is 0.108. The summed E-state index contributed by atoms with van der Waals surface area (Å²) in [5.41, 5.74) is 1.60. The summed E-state index contributed by atoms with van der Waals surface area (Å²) in [7, 11) is 3.06. The highest BCUT2D eigenvalue weighted by Gasteiger charge is 2.35. The molecule has 9 heteroatoms. The van der Waals surface area contributed by atoms with Crippen LogP contribution < -0.4 is 18.9 Å². The Balaban J connectivity index is 1.44. The molecule has 0 radical (unpaired) electrons. The van der Waals surface area contributed by atoms with Crippen LogP contribution in [0.15, 0.2) is 71.6 Å². The summed E-state index contributed by atoms with van der Waals surface area (Å²) in [4.78, 5) is 26.8. The topological polar surface area (TPSA) is 74.3 Å². The lowest BCUT2D eigenvalue weighted by atomic mass is 10.1. The van der Waals surface area contributed by atoms with Crippen molar-refractivity contribution in [1.82, 2.24) is 4.90 Å². The molecule has 7 nitrogen and oxygen atoms in total. The first-order chi connectivity index (χ1) is 17.5. The van der Waals surface area contributed by atoms with E-state index in [9.17, 15) is 9.59 Å². The van der Waals surface area contributed by atoms with Crippen LogP contribution >= 0.6 is 23.4 Å². The van der Waals surface area contributed by atoms with Crippen molar-refractivity contribution < 1.29 is 28.5 Å². The van der Waals surface area contributed by atoms with E-state index < -0.39 is 5.91 Å². The molecule has 3 aromatic rings. The number of halogens is 1. The minimum atomic E-state index is -0.395. The monoisotopic (exact) mass is 525 g/mol. The van der Waals surface area contributed by atoms with E-state index in [4.69, 9.17) is 30.5 Å². The number of imide groups is 1. The Morgan fingerprint density at radius 2 is 1.58 bits per heavy atom. The minimum Gasteiger partial charge on any atom is -0.493 e. The lowest BCUT2D eigenvalue weighted by molar-refractivity contribution is -0.123. The van der Waals surface area contributed by atoms with Gasteiger partial charge in [-0.15, -0.1) is 0 Å². The Morgan fingerprint density at radius 1 is 0.889 bits per heavy atom. The maximum atomic E-state index is 12.9. The lowest BCUT2D eigenvalue weighted by Crippen LogP contribution is -2.32. The second kappa shape index (κ2) is 11.9. The summed E-state index contributed by atoms with van der Waals surface area (Å²) < 4.78 is 22.3. The summed E-state index contributed by atoms with van der Waals surface area (Å²) in [6.45, 7) is 0.571. The molecule has 1 aliphatic rings. The number of carbonyl (C=O) groups excluding carboxylic acids is 2. The van der Waals surface area contributed by atoms with E-state index >= 15 is 0 Å². The molecule has 0 aliphatic carbocycles. The second-order valence-electron chi connectivity index (χ2n) is 7.64. The molecule has 0 bridgehead atoms. The molecule has 0 spiro atoms. The maximum Gasteiger partial charge on any atom is 0.293 e. The van der Waals surface area contributed by atoms with Gasteiger partial charge >= 0.3 is 0 Å². The first-order valence-corrected chi connectivity index (χ1v) is 12.2. The van der Waals surface area contributed by atoms with Gasteiger partial charge in [0.2, 0.25) is 0 Å². The fourth-order valence-corrected chi connectivity index (χ4v) is 4.66. The molecule has 0 saturated carbocycles. The SMILES string of the molecule is COc1ccccc1OCCN1C(=O)S/C(=C\c2cc(Cl)c(OCc3ccccc3)c(OC)c2)C1=O. The number of benzene rings is 3. The highest BCUT2D eigenvalue weighted by molar-refractivity contribution is 8.18.